The second kappa shape index (κ2) is 11.8. The van der Waals surface area contributed by atoms with Crippen LogP contribution < -0.4 is 15.0 Å². The average molecular weight is 533 g/mol. The van der Waals surface area contributed by atoms with Crippen molar-refractivity contribution in [2.75, 3.05) is 39.3 Å². The number of rotatable bonds is 8. The van der Waals surface area contributed by atoms with E-state index in [9.17, 15) is 14.4 Å². The van der Waals surface area contributed by atoms with E-state index in [2.05, 4.69) is 5.32 Å². The maximum Gasteiger partial charge on any atom is 0.336 e. The van der Waals surface area contributed by atoms with Gasteiger partial charge in [0.05, 0.1) is 25.9 Å². The molecule has 1 aliphatic heterocycles. The van der Waals surface area contributed by atoms with Gasteiger partial charge in [0.25, 0.3) is 0 Å². The second-order valence-electron chi connectivity index (χ2n) is 9.84. The van der Waals surface area contributed by atoms with Crippen molar-refractivity contribution in [3.8, 4) is 5.75 Å². The summed E-state index contributed by atoms with van der Waals surface area (Å²) in [5, 5.41) is 3.33. The average Bonchev–Trinajstić information content (AvgIpc) is 2.92. The minimum Gasteiger partial charge on any atom is -0.496 e. The Labute approximate surface area is 229 Å². The molecule has 0 radical (unpaired) electrons. The first kappa shape index (κ1) is 28.0. The van der Waals surface area contributed by atoms with Gasteiger partial charge in [-0.2, -0.15) is 0 Å². The number of nitrogens with one attached hydrogen (secondary N) is 1. The van der Waals surface area contributed by atoms with Gasteiger partial charge in [-0.15, -0.1) is 0 Å². The molecule has 0 saturated heterocycles. The van der Waals surface area contributed by atoms with Gasteiger partial charge in [0.1, 0.15) is 11.7 Å². The van der Waals surface area contributed by atoms with Crippen LogP contribution in [0.5, 0.6) is 5.75 Å². The molecule has 2 aromatic rings. The maximum absolute atomic E-state index is 14.4. The lowest BCUT2D eigenvalue weighted by molar-refractivity contribution is -0.152. The smallest absolute Gasteiger partial charge is 0.336 e. The molecule has 1 aliphatic carbocycles. The van der Waals surface area contributed by atoms with E-state index in [0.717, 1.165) is 16.8 Å². The predicted octanol–water partition coefficient (Wildman–Crippen LogP) is 4.48. The molecule has 39 heavy (non-hydrogen) atoms. The minimum atomic E-state index is -1.09. The Morgan fingerprint density at radius 2 is 1.67 bits per heavy atom. The molecule has 2 aromatic carbocycles. The fourth-order valence-electron chi connectivity index (χ4n) is 5.58. The lowest BCUT2D eigenvalue weighted by Gasteiger charge is -2.39. The fraction of sp³-hybridized carbons (Fsp3) is 0.387. The van der Waals surface area contributed by atoms with Crippen LogP contribution in [0.25, 0.3) is 0 Å². The van der Waals surface area contributed by atoms with Crippen molar-refractivity contribution >= 4 is 23.4 Å². The molecule has 1 heterocycles. The quantitative estimate of drug-likeness (QED) is 0.393. The Morgan fingerprint density at radius 1 is 1.00 bits per heavy atom. The molecular weight excluding hydrogens is 496 g/mol. The first-order valence-electron chi connectivity index (χ1n) is 13.2. The zero-order chi connectivity index (χ0) is 28.3. The summed E-state index contributed by atoms with van der Waals surface area (Å²) in [7, 11) is 5.46. The van der Waals surface area contributed by atoms with Crippen LogP contribution in [0, 0.1) is 5.92 Å². The van der Waals surface area contributed by atoms with Crippen molar-refractivity contribution < 1.29 is 28.6 Å². The summed E-state index contributed by atoms with van der Waals surface area (Å²) in [6, 6.07) is 15.1. The standard InChI is InChI=1S/C31H36N2O6/c1-7-38-30(35)25-18(3)32-23-17-22(21-11-9-10-12-24(21)37-6)27(31(36)39-8-2)29(34)28(23)26(25)19-13-15-20(16-14-19)33(4)5/h9-16,22,26-27,32H,7-8,17H2,1-6H3/t22-,26-,27+/m0/s1. The summed E-state index contributed by atoms with van der Waals surface area (Å²) < 4.78 is 16.4. The Kier molecular flexibility index (Phi) is 8.43. The molecule has 2 aliphatic rings. The largest absolute Gasteiger partial charge is 0.496 e. The molecule has 0 bridgehead atoms. The molecule has 1 N–H and O–H groups in total. The summed E-state index contributed by atoms with van der Waals surface area (Å²) >= 11 is 0. The zero-order valence-corrected chi connectivity index (χ0v) is 23.4. The second-order valence-corrected chi connectivity index (χ2v) is 9.84. The first-order valence-corrected chi connectivity index (χ1v) is 13.2. The molecule has 4 rings (SSSR count). The molecule has 0 unspecified atom stereocenters. The van der Waals surface area contributed by atoms with Crippen LogP contribution in [0.3, 0.4) is 0 Å². The Balaban J connectivity index is 1.91. The van der Waals surface area contributed by atoms with Crippen LogP contribution in [0.1, 0.15) is 50.2 Å². The molecule has 3 atom stereocenters. The number of methoxy groups -OCH3 is 1. The van der Waals surface area contributed by atoms with Crippen LogP contribution in [0.4, 0.5) is 5.69 Å². The van der Waals surface area contributed by atoms with Crippen molar-refractivity contribution in [2.45, 2.75) is 39.0 Å². The number of hydrogen-bond donors (Lipinski definition) is 1. The van der Waals surface area contributed by atoms with E-state index in [-0.39, 0.29) is 19.0 Å². The number of ketones is 1. The number of nitrogens with zero attached hydrogens (tertiary/aromatic N) is 1. The van der Waals surface area contributed by atoms with E-state index in [0.29, 0.717) is 34.7 Å². The third-order valence-electron chi connectivity index (χ3n) is 7.34. The lowest BCUT2D eigenvalue weighted by Crippen LogP contribution is -2.43. The van der Waals surface area contributed by atoms with Crippen LogP contribution in [0.2, 0.25) is 0 Å². The van der Waals surface area contributed by atoms with Gasteiger partial charge in [-0.05, 0) is 56.5 Å². The van der Waals surface area contributed by atoms with Crippen LogP contribution >= 0.6 is 0 Å². The summed E-state index contributed by atoms with van der Waals surface area (Å²) in [6.45, 7) is 5.63. The van der Waals surface area contributed by atoms with E-state index in [1.807, 2.05) is 74.4 Å². The molecule has 206 valence electrons. The molecule has 0 saturated carbocycles. The van der Waals surface area contributed by atoms with Gasteiger partial charge in [-0.25, -0.2) is 4.79 Å². The Hall–Kier alpha value is -4.07. The minimum absolute atomic E-state index is 0.147. The highest BCUT2D eigenvalue weighted by molar-refractivity contribution is 6.13. The number of dihydropyridines is 1. The van der Waals surface area contributed by atoms with Gasteiger partial charge in [-0.3, -0.25) is 9.59 Å². The number of anilines is 1. The maximum atomic E-state index is 14.4. The number of carbonyl (C=O) groups excluding carboxylic acids is 3. The zero-order valence-electron chi connectivity index (χ0n) is 23.4. The van der Waals surface area contributed by atoms with Crippen molar-refractivity contribution in [2.24, 2.45) is 5.92 Å². The van der Waals surface area contributed by atoms with Crippen molar-refractivity contribution in [3.05, 3.63) is 82.2 Å². The van der Waals surface area contributed by atoms with Crippen LogP contribution in [0.15, 0.2) is 71.1 Å². The van der Waals surface area contributed by atoms with Gasteiger partial charge in [0, 0.05) is 48.6 Å². The van der Waals surface area contributed by atoms with Gasteiger partial charge in [0.15, 0.2) is 5.78 Å². The Bertz CT molecular complexity index is 1320. The van der Waals surface area contributed by atoms with Crippen LogP contribution in [-0.4, -0.2) is 52.1 Å². The summed E-state index contributed by atoms with van der Waals surface area (Å²) in [5.41, 5.74) is 4.56. The SMILES string of the molecule is CCOC(=O)C1=C(C)NC2=C(C(=O)[C@H](C(=O)OCC)[C@H](c3ccccc3OC)C2)[C@H]1c1ccc(N(C)C)cc1. The lowest BCUT2D eigenvalue weighted by atomic mass is 9.67. The number of esters is 2. The van der Waals surface area contributed by atoms with Crippen molar-refractivity contribution in [1.29, 1.82) is 0 Å². The number of Topliss-reactive ketones (excluding diaryl/α,β-unsaturated/α-hetero) is 1. The summed E-state index contributed by atoms with van der Waals surface area (Å²) in [5.74, 6) is -3.15. The highest BCUT2D eigenvalue weighted by Crippen LogP contribution is 2.49. The summed E-state index contributed by atoms with van der Waals surface area (Å²) in [4.78, 5) is 43.0. The number of carbonyl (C=O) groups is 3. The van der Waals surface area contributed by atoms with E-state index < -0.39 is 29.7 Å². The molecule has 0 amide bonds. The first-order chi connectivity index (χ1) is 18.7. The number of allylic oxidation sites excluding steroid dienone is 3. The van der Waals surface area contributed by atoms with E-state index >= 15 is 0 Å². The van der Waals surface area contributed by atoms with Gasteiger partial charge < -0.3 is 24.4 Å². The normalized spacial score (nSPS) is 20.7. The van der Waals surface area contributed by atoms with Crippen LogP contribution in [-0.2, 0) is 23.9 Å². The number of hydrogen-bond acceptors (Lipinski definition) is 8. The van der Waals surface area contributed by atoms with Crippen molar-refractivity contribution in [3.63, 3.8) is 0 Å². The monoisotopic (exact) mass is 532 g/mol. The highest BCUT2D eigenvalue weighted by Gasteiger charge is 2.49. The van der Waals surface area contributed by atoms with E-state index in [1.165, 1.54) is 0 Å². The predicted molar refractivity (Wildman–Crippen MR) is 148 cm³/mol. The van der Waals surface area contributed by atoms with Gasteiger partial charge in [0.2, 0.25) is 0 Å². The van der Waals surface area contributed by atoms with E-state index in [1.54, 1.807) is 21.0 Å². The number of ether oxygens (including phenoxy) is 3. The molecule has 0 spiro atoms. The summed E-state index contributed by atoms with van der Waals surface area (Å²) in [6.07, 6.45) is 0.366. The third kappa shape index (κ3) is 5.28. The molecule has 8 nitrogen and oxygen atoms in total. The highest BCUT2D eigenvalue weighted by atomic mass is 16.5. The number of para-hydroxylation sites is 1. The van der Waals surface area contributed by atoms with E-state index in [4.69, 9.17) is 14.2 Å². The molecule has 8 heteroatoms. The number of benzene rings is 2. The van der Waals surface area contributed by atoms with Gasteiger partial charge in [-0.1, -0.05) is 30.3 Å². The van der Waals surface area contributed by atoms with Gasteiger partial charge >= 0.3 is 11.9 Å². The van der Waals surface area contributed by atoms with Crippen molar-refractivity contribution in [1.82, 2.24) is 5.32 Å². The fourth-order valence-corrected chi connectivity index (χ4v) is 5.58. The molecule has 0 fully saturated rings. The topological polar surface area (TPSA) is 94.2 Å². The molecule has 0 aromatic heterocycles. The molecular formula is C31H36N2O6. The Morgan fingerprint density at radius 3 is 2.28 bits per heavy atom. The third-order valence-corrected chi connectivity index (χ3v) is 7.34.